The third kappa shape index (κ3) is 8.35. The molecule has 2 atom stereocenters. The first kappa shape index (κ1) is 27.1. The van der Waals surface area contributed by atoms with E-state index in [1.165, 1.54) is 24.3 Å². The molecular weight excluding hydrogens is 480 g/mol. The number of carboxylic acids is 3. The van der Waals surface area contributed by atoms with Crippen LogP contribution in [0, 0.1) is 18.8 Å². The monoisotopic (exact) mass is 504 g/mol. The Bertz CT molecular complexity index is 1050. The fourth-order valence-corrected chi connectivity index (χ4v) is 5.52. The van der Waals surface area contributed by atoms with Crippen molar-refractivity contribution in [2.45, 2.75) is 19.8 Å². The Morgan fingerprint density at radius 2 is 1.00 bits per heavy atom. The number of carboxylic acid groups (broad SMARTS) is 3. The van der Waals surface area contributed by atoms with Crippen LogP contribution in [0.5, 0.6) is 0 Å². The van der Waals surface area contributed by atoms with Crippen molar-refractivity contribution >= 4 is 51.1 Å². The van der Waals surface area contributed by atoms with Gasteiger partial charge in [0.05, 0.1) is 17.4 Å². The van der Waals surface area contributed by atoms with Gasteiger partial charge in [0.15, 0.2) is 11.6 Å². The van der Waals surface area contributed by atoms with Crippen LogP contribution in [0.15, 0.2) is 48.5 Å². The van der Waals surface area contributed by atoms with Gasteiger partial charge in [-0.05, 0) is 19.1 Å². The first-order valence-electron chi connectivity index (χ1n) is 10.2. The van der Waals surface area contributed by atoms with E-state index in [1.807, 2.05) is 6.92 Å². The van der Waals surface area contributed by atoms with Gasteiger partial charge in [-0.25, -0.2) is 4.79 Å². The van der Waals surface area contributed by atoms with Crippen molar-refractivity contribution in [3.63, 3.8) is 0 Å². The molecule has 10 heteroatoms. The van der Waals surface area contributed by atoms with E-state index in [9.17, 15) is 34.2 Å². The number of hydrogen-bond donors (Lipinski definition) is 3. The predicted molar refractivity (Wildman–Crippen MR) is 130 cm³/mol. The molecule has 0 bridgehead atoms. The molecule has 2 unspecified atom stereocenters. The predicted octanol–water partition coefficient (Wildman–Crippen LogP) is 4.32. The molecule has 0 spiro atoms. The van der Waals surface area contributed by atoms with Gasteiger partial charge in [-0.3, -0.25) is 19.2 Å². The van der Waals surface area contributed by atoms with Gasteiger partial charge in [0, 0.05) is 35.5 Å². The molecule has 0 aliphatic rings. The Hall–Kier alpha value is -3.11. The highest BCUT2D eigenvalue weighted by atomic mass is 33.1. The molecule has 0 aliphatic carbocycles. The van der Waals surface area contributed by atoms with Crippen LogP contribution in [0.25, 0.3) is 0 Å². The summed E-state index contributed by atoms with van der Waals surface area (Å²) in [5.41, 5.74) is 1.67. The second-order valence-electron chi connectivity index (χ2n) is 7.64. The van der Waals surface area contributed by atoms with Gasteiger partial charge in [-0.15, -0.1) is 0 Å². The zero-order valence-corrected chi connectivity index (χ0v) is 19.9. The standard InChI is InChI=1S/C24H24O8S2/c1-14-2-4-15(5-3-14)20(25)10-18(23(29)30)12-33-34-13-19(24(31)32)11-21(26)16-6-8-17(9-7-16)22(27)28/h2-9,18-19H,10-13H2,1H3,(H,27,28)(H,29,30)(H,31,32). The number of carbonyl (C=O) groups is 5. The molecule has 0 fully saturated rings. The SMILES string of the molecule is Cc1ccc(C(=O)CC(CSSCC(CC(=O)c2ccc(C(=O)O)cc2)C(=O)O)C(=O)O)cc1. The molecule has 0 amide bonds. The number of aryl methyl sites for hydroxylation is 1. The van der Waals surface area contributed by atoms with Gasteiger partial charge in [0.25, 0.3) is 0 Å². The normalized spacial score (nSPS) is 12.5. The van der Waals surface area contributed by atoms with Crippen LogP contribution < -0.4 is 0 Å². The largest absolute Gasteiger partial charge is 0.481 e. The van der Waals surface area contributed by atoms with Crippen molar-refractivity contribution in [1.29, 1.82) is 0 Å². The minimum absolute atomic E-state index is 0.0205. The van der Waals surface area contributed by atoms with E-state index in [0.717, 1.165) is 27.2 Å². The smallest absolute Gasteiger partial charge is 0.335 e. The topological polar surface area (TPSA) is 146 Å². The van der Waals surface area contributed by atoms with E-state index in [2.05, 4.69) is 0 Å². The quantitative estimate of drug-likeness (QED) is 0.193. The van der Waals surface area contributed by atoms with E-state index in [1.54, 1.807) is 24.3 Å². The zero-order valence-electron chi connectivity index (χ0n) is 18.3. The molecule has 34 heavy (non-hydrogen) atoms. The summed E-state index contributed by atoms with van der Waals surface area (Å²) >= 11 is 0. The van der Waals surface area contributed by atoms with Crippen molar-refractivity contribution in [2.24, 2.45) is 11.8 Å². The molecule has 0 aliphatic heterocycles. The lowest BCUT2D eigenvalue weighted by molar-refractivity contribution is -0.141. The molecule has 0 saturated heterocycles. The van der Waals surface area contributed by atoms with Crippen LogP contribution in [-0.2, 0) is 9.59 Å². The molecule has 3 N–H and O–H groups in total. The maximum atomic E-state index is 12.4. The second kappa shape index (κ2) is 13.0. The van der Waals surface area contributed by atoms with Gasteiger partial charge >= 0.3 is 17.9 Å². The summed E-state index contributed by atoms with van der Waals surface area (Å²) in [6.45, 7) is 1.88. The lowest BCUT2D eigenvalue weighted by atomic mass is 9.99. The zero-order chi connectivity index (χ0) is 25.3. The Kier molecular flexibility index (Phi) is 10.3. The average molecular weight is 505 g/mol. The number of carbonyl (C=O) groups excluding carboxylic acids is 2. The van der Waals surface area contributed by atoms with Gasteiger partial charge in [0.1, 0.15) is 0 Å². The molecule has 2 aromatic rings. The van der Waals surface area contributed by atoms with E-state index >= 15 is 0 Å². The molecule has 8 nitrogen and oxygen atoms in total. The Balaban J connectivity index is 1.87. The van der Waals surface area contributed by atoms with Crippen molar-refractivity contribution in [1.82, 2.24) is 0 Å². The van der Waals surface area contributed by atoms with E-state index in [0.29, 0.717) is 5.56 Å². The molecule has 2 rings (SSSR count). The third-order valence-corrected chi connectivity index (χ3v) is 7.57. The summed E-state index contributed by atoms with van der Waals surface area (Å²) in [4.78, 5) is 58.9. The van der Waals surface area contributed by atoms with Crippen molar-refractivity contribution in [3.05, 3.63) is 70.8 Å². The second-order valence-corrected chi connectivity index (χ2v) is 10.2. The minimum Gasteiger partial charge on any atom is -0.481 e. The van der Waals surface area contributed by atoms with Crippen LogP contribution in [0.2, 0.25) is 0 Å². The molecule has 0 aromatic heterocycles. The maximum Gasteiger partial charge on any atom is 0.335 e. The summed E-state index contributed by atoms with van der Waals surface area (Å²) in [5.74, 6) is -5.85. The third-order valence-electron chi connectivity index (χ3n) is 5.01. The Labute approximate surface area is 204 Å². The summed E-state index contributed by atoms with van der Waals surface area (Å²) in [6, 6.07) is 12.1. The molecule has 2 aromatic carbocycles. The fraction of sp³-hybridized carbons (Fsp3) is 0.292. The fourth-order valence-electron chi connectivity index (χ4n) is 2.92. The summed E-state index contributed by atoms with van der Waals surface area (Å²) in [6.07, 6.45) is -0.442. The van der Waals surface area contributed by atoms with E-state index < -0.39 is 35.5 Å². The van der Waals surface area contributed by atoms with Gasteiger partial charge in [0.2, 0.25) is 0 Å². The first-order valence-corrected chi connectivity index (χ1v) is 12.7. The van der Waals surface area contributed by atoms with E-state index in [4.69, 9.17) is 5.11 Å². The maximum absolute atomic E-state index is 12.4. The number of aromatic carboxylic acids is 1. The number of aliphatic carboxylic acids is 2. The van der Waals surface area contributed by atoms with Crippen LogP contribution in [0.4, 0.5) is 0 Å². The van der Waals surface area contributed by atoms with Crippen LogP contribution >= 0.6 is 21.6 Å². The highest BCUT2D eigenvalue weighted by Gasteiger charge is 2.25. The molecule has 180 valence electrons. The molecule has 0 radical (unpaired) electrons. The van der Waals surface area contributed by atoms with Crippen LogP contribution in [0.1, 0.15) is 49.5 Å². The number of ketones is 2. The molecule has 0 saturated carbocycles. The summed E-state index contributed by atoms with van der Waals surface area (Å²) in [7, 11) is 2.28. The number of rotatable bonds is 14. The average Bonchev–Trinajstić information content (AvgIpc) is 2.80. The van der Waals surface area contributed by atoms with Crippen molar-refractivity contribution < 1.29 is 39.3 Å². The van der Waals surface area contributed by atoms with Crippen LogP contribution in [0.3, 0.4) is 0 Å². The number of benzene rings is 2. The molecule has 0 heterocycles. The first-order chi connectivity index (χ1) is 16.1. The highest BCUT2D eigenvalue weighted by molar-refractivity contribution is 8.76. The summed E-state index contributed by atoms with van der Waals surface area (Å²) in [5, 5.41) is 27.8. The number of hydrogen-bond acceptors (Lipinski definition) is 7. The van der Waals surface area contributed by atoms with Gasteiger partial charge < -0.3 is 15.3 Å². The van der Waals surface area contributed by atoms with Crippen molar-refractivity contribution in [2.75, 3.05) is 11.5 Å². The Morgan fingerprint density at radius 3 is 1.35 bits per heavy atom. The van der Waals surface area contributed by atoms with Gasteiger partial charge in [-0.1, -0.05) is 63.5 Å². The van der Waals surface area contributed by atoms with E-state index in [-0.39, 0.29) is 41.3 Å². The number of Topliss-reactive ketones (excluding diaryl/α,β-unsaturated/α-hetero) is 2. The highest BCUT2D eigenvalue weighted by Crippen LogP contribution is 2.29. The summed E-state index contributed by atoms with van der Waals surface area (Å²) < 4.78 is 0. The minimum atomic E-state index is -1.16. The lowest BCUT2D eigenvalue weighted by Crippen LogP contribution is -2.21. The van der Waals surface area contributed by atoms with Crippen LogP contribution in [-0.4, -0.2) is 56.3 Å². The Morgan fingerprint density at radius 1 is 0.647 bits per heavy atom. The van der Waals surface area contributed by atoms with Gasteiger partial charge in [-0.2, -0.15) is 0 Å². The van der Waals surface area contributed by atoms with Crippen molar-refractivity contribution in [3.8, 4) is 0 Å². The lowest BCUT2D eigenvalue weighted by Gasteiger charge is -2.13. The molecular formula is C24H24O8S2.